The second-order valence-corrected chi connectivity index (χ2v) is 7.85. The molecule has 1 amide bonds. The molecule has 7 nitrogen and oxygen atoms in total. The zero-order valence-electron chi connectivity index (χ0n) is 17.2. The van der Waals surface area contributed by atoms with Crippen LogP contribution in [0, 0.1) is 26.7 Å². The number of fused-ring (bicyclic) bond motifs is 1. The van der Waals surface area contributed by atoms with Crippen molar-refractivity contribution in [1.82, 2.24) is 20.4 Å². The van der Waals surface area contributed by atoms with Crippen molar-refractivity contribution >= 4 is 22.8 Å². The molecule has 0 radical (unpaired) electrons. The fraction of sp³-hybridized carbons (Fsp3) is 0.455. The first-order valence-corrected chi connectivity index (χ1v) is 10.2. The Hall–Kier alpha value is -2.96. The summed E-state index contributed by atoms with van der Waals surface area (Å²) in [5.41, 5.74) is 3.77. The third-order valence-electron chi connectivity index (χ3n) is 5.52. The topological polar surface area (TPSA) is 84.2 Å². The number of nitrogens with one attached hydrogen (secondary N) is 1. The van der Waals surface area contributed by atoms with Crippen LogP contribution < -0.4 is 10.2 Å². The van der Waals surface area contributed by atoms with Gasteiger partial charge in [0.25, 0.3) is 5.71 Å². The van der Waals surface area contributed by atoms with Crippen LogP contribution in [-0.2, 0) is 11.2 Å². The summed E-state index contributed by atoms with van der Waals surface area (Å²) in [6.07, 6.45) is 2.68. The maximum absolute atomic E-state index is 12.8. The van der Waals surface area contributed by atoms with E-state index >= 15 is 0 Å². The molecular formula is C22H27N5O2. The highest BCUT2D eigenvalue weighted by atomic mass is 16.5. The zero-order chi connectivity index (χ0) is 20.4. The summed E-state index contributed by atoms with van der Waals surface area (Å²) in [6, 6.07) is 8.45. The first-order chi connectivity index (χ1) is 14.0. The lowest BCUT2D eigenvalue weighted by Gasteiger charge is -2.33. The zero-order valence-corrected chi connectivity index (χ0v) is 17.2. The predicted octanol–water partition coefficient (Wildman–Crippen LogP) is 3.12. The second kappa shape index (κ2) is 8.19. The van der Waals surface area contributed by atoms with Gasteiger partial charge in [0.05, 0.1) is 11.6 Å². The van der Waals surface area contributed by atoms with Crippen molar-refractivity contribution < 1.29 is 9.32 Å². The van der Waals surface area contributed by atoms with Crippen molar-refractivity contribution in [3.8, 4) is 0 Å². The monoisotopic (exact) mass is 393 g/mol. The Morgan fingerprint density at radius 3 is 2.79 bits per heavy atom. The summed E-state index contributed by atoms with van der Waals surface area (Å²) in [4.78, 5) is 23.9. The number of rotatable bonds is 5. The molecule has 1 saturated heterocycles. The smallest absolute Gasteiger partial charge is 0.263 e. The van der Waals surface area contributed by atoms with Crippen molar-refractivity contribution in [3.05, 3.63) is 46.9 Å². The van der Waals surface area contributed by atoms with E-state index in [1.807, 2.05) is 13.8 Å². The molecule has 3 aromatic rings. The van der Waals surface area contributed by atoms with Crippen LogP contribution >= 0.6 is 0 Å². The van der Waals surface area contributed by atoms with Crippen molar-refractivity contribution in [3.63, 3.8) is 0 Å². The minimum absolute atomic E-state index is 0.0488. The van der Waals surface area contributed by atoms with Gasteiger partial charge in [-0.3, -0.25) is 4.79 Å². The second-order valence-electron chi connectivity index (χ2n) is 7.85. The average Bonchev–Trinajstić information content (AvgIpc) is 3.09. The summed E-state index contributed by atoms with van der Waals surface area (Å²) in [5.74, 6) is 1.54. The number of piperidine rings is 1. The standard InChI is InChI=1S/C22H27N5O2/c1-14-6-8-17(9-7-14)10-11-23-21(28)18-5-4-12-27(13-18)20-19-15(2)26-29-22(19)25-16(3)24-20/h6-9,18H,4-5,10-13H2,1-3H3,(H,23,28). The van der Waals surface area contributed by atoms with Crippen LogP contribution in [0.2, 0.25) is 0 Å². The molecule has 0 spiro atoms. The van der Waals surface area contributed by atoms with Crippen molar-refractivity contribution in [2.24, 2.45) is 5.92 Å². The van der Waals surface area contributed by atoms with E-state index in [2.05, 4.69) is 56.5 Å². The van der Waals surface area contributed by atoms with Gasteiger partial charge in [0.2, 0.25) is 5.91 Å². The molecule has 1 unspecified atom stereocenters. The average molecular weight is 393 g/mol. The van der Waals surface area contributed by atoms with E-state index in [9.17, 15) is 4.79 Å². The maximum atomic E-state index is 12.8. The van der Waals surface area contributed by atoms with Crippen molar-refractivity contribution in [1.29, 1.82) is 0 Å². The predicted molar refractivity (Wildman–Crippen MR) is 112 cm³/mol. The van der Waals surface area contributed by atoms with Crippen LogP contribution in [0.3, 0.4) is 0 Å². The molecule has 152 valence electrons. The third kappa shape index (κ3) is 4.23. The van der Waals surface area contributed by atoms with Gasteiger partial charge in [-0.2, -0.15) is 4.98 Å². The number of aryl methyl sites for hydroxylation is 3. The van der Waals surface area contributed by atoms with Gasteiger partial charge in [-0.15, -0.1) is 0 Å². The molecule has 2 aromatic heterocycles. The lowest BCUT2D eigenvalue weighted by Crippen LogP contribution is -2.44. The van der Waals surface area contributed by atoms with Crippen LogP contribution in [0.5, 0.6) is 0 Å². The number of hydrogen-bond acceptors (Lipinski definition) is 6. The van der Waals surface area contributed by atoms with Crippen LogP contribution in [0.1, 0.15) is 35.5 Å². The summed E-state index contributed by atoms with van der Waals surface area (Å²) in [7, 11) is 0. The molecule has 1 aromatic carbocycles. The first-order valence-electron chi connectivity index (χ1n) is 10.2. The molecule has 0 saturated carbocycles. The molecule has 1 fully saturated rings. The molecule has 1 aliphatic heterocycles. The number of carbonyl (C=O) groups excluding carboxylic acids is 1. The molecule has 4 rings (SSSR count). The lowest BCUT2D eigenvalue weighted by molar-refractivity contribution is -0.125. The lowest BCUT2D eigenvalue weighted by atomic mass is 9.96. The number of nitrogens with zero attached hydrogens (tertiary/aromatic N) is 4. The first kappa shape index (κ1) is 19.4. The summed E-state index contributed by atoms with van der Waals surface area (Å²) in [5, 5.41) is 7.99. The molecule has 1 atom stereocenters. The van der Waals surface area contributed by atoms with Crippen LogP contribution in [0.25, 0.3) is 11.1 Å². The number of benzene rings is 1. The van der Waals surface area contributed by atoms with Crippen molar-refractivity contribution in [2.75, 3.05) is 24.5 Å². The summed E-state index contributed by atoms with van der Waals surface area (Å²) >= 11 is 0. The number of carbonyl (C=O) groups is 1. The number of aromatic nitrogens is 3. The fourth-order valence-corrected chi connectivity index (χ4v) is 3.91. The Balaban J connectivity index is 1.41. The van der Waals surface area contributed by atoms with Crippen LogP contribution in [-0.4, -0.2) is 40.7 Å². The van der Waals surface area contributed by atoms with Gasteiger partial charge >= 0.3 is 0 Å². The van der Waals surface area contributed by atoms with E-state index in [1.54, 1.807) is 0 Å². The van der Waals surface area contributed by atoms with E-state index in [1.165, 1.54) is 11.1 Å². The minimum atomic E-state index is -0.0488. The minimum Gasteiger partial charge on any atom is -0.355 e. The Bertz CT molecular complexity index is 1010. The molecule has 1 aliphatic rings. The third-order valence-corrected chi connectivity index (χ3v) is 5.52. The van der Waals surface area contributed by atoms with Crippen molar-refractivity contribution in [2.45, 2.75) is 40.0 Å². The molecule has 1 N–H and O–H groups in total. The molecule has 0 aliphatic carbocycles. The van der Waals surface area contributed by atoms with Crippen LogP contribution in [0.15, 0.2) is 28.8 Å². The van der Waals surface area contributed by atoms with Gasteiger partial charge in [0.15, 0.2) is 0 Å². The Labute approximate surface area is 170 Å². The fourth-order valence-electron chi connectivity index (χ4n) is 3.91. The highest BCUT2D eigenvalue weighted by Crippen LogP contribution is 2.30. The molecule has 3 heterocycles. The van der Waals surface area contributed by atoms with Gasteiger partial charge in [0, 0.05) is 19.6 Å². The number of anilines is 1. The molecule has 29 heavy (non-hydrogen) atoms. The quantitative estimate of drug-likeness (QED) is 0.717. The molecular weight excluding hydrogens is 366 g/mol. The number of hydrogen-bond donors (Lipinski definition) is 1. The van der Waals surface area contributed by atoms with Gasteiger partial charge in [0.1, 0.15) is 17.0 Å². The molecule has 7 heteroatoms. The van der Waals surface area contributed by atoms with E-state index in [-0.39, 0.29) is 11.8 Å². The van der Waals surface area contributed by atoms with E-state index in [0.29, 0.717) is 24.6 Å². The van der Waals surface area contributed by atoms with Gasteiger partial charge in [-0.25, -0.2) is 4.98 Å². The van der Waals surface area contributed by atoms with Crippen LogP contribution in [0.4, 0.5) is 5.82 Å². The summed E-state index contributed by atoms with van der Waals surface area (Å²) < 4.78 is 5.33. The Kier molecular flexibility index (Phi) is 5.47. The summed E-state index contributed by atoms with van der Waals surface area (Å²) in [6.45, 7) is 7.98. The Morgan fingerprint density at radius 2 is 2.00 bits per heavy atom. The Morgan fingerprint density at radius 1 is 1.21 bits per heavy atom. The number of amides is 1. The van der Waals surface area contributed by atoms with E-state index in [0.717, 1.165) is 42.7 Å². The maximum Gasteiger partial charge on any atom is 0.263 e. The normalized spacial score (nSPS) is 16.9. The van der Waals surface area contributed by atoms with E-state index < -0.39 is 0 Å². The van der Waals surface area contributed by atoms with Gasteiger partial charge < -0.3 is 14.7 Å². The van der Waals surface area contributed by atoms with E-state index in [4.69, 9.17) is 4.52 Å². The highest BCUT2D eigenvalue weighted by Gasteiger charge is 2.28. The van der Waals surface area contributed by atoms with Gasteiger partial charge in [-0.05, 0) is 45.6 Å². The van der Waals surface area contributed by atoms with Gasteiger partial charge in [-0.1, -0.05) is 35.0 Å². The largest absolute Gasteiger partial charge is 0.355 e. The highest BCUT2D eigenvalue weighted by molar-refractivity contribution is 5.88. The SMILES string of the molecule is Cc1ccc(CCNC(=O)C2CCCN(c3nc(C)nc4onc(C)c34)C2)cc1. The molecule has 0 bridgehead atoms.